The number of hydrogen-bond donors (Lipinski definition) is 1. The largest absolute Gasteiger partial charge is 0.492 e. The van der Waals surface area contributed by atoms with Gasteiger partial charge in [0, 0.05) is 30.5 Å². The molecule has 0 aromatic carbocycles. The van der Waals surface area contributed by atoms with Crippen LogP contribution in [-0.4, -0.2) is 60.6 Å². The fourth-order valence-electron chi connectivity index (χ4n) is 7.63. The maximum absolute atomic E-state index is 12.2. The molecule has 6 fully saturated rings. The fourth-order valence-corrected chi connectivity index (χ4v) is 7.63. The lowest BCUT2D eigenvalue weighted by Gasteiger charge is -2.48. The van der Waals surface area contributed by atoms with Gasteiger partial charge in [0.25, 0.3) is 0 Å². The Bertz CT molecular complexity index is 894. The molecule has 8 atom stereocenters. The van der Waals surface area contributed by atoms with Gasteiger partial charge in [-0.05, 0) is 39.2 Å². The van der Waals surface area contributed by atoms with E-state index in [-0.39, 0.29) is 29.4 Å². The Kier molecular flexibility index (Phi) is 3.06. The Morgan fingerprint density at radius 3 is 2.90 bits per heavy atom. The van der Waals surface area contributed by atoms with E-state index in [0.717, 1.165) is 31.7 Å². The van der Waals surface area contributed by atoms with E-state index >= 15 is 0 Å². The highest BCUT2D eigenvalue weighted by molar-refractivity contribution is 5.93. The van der Waals surface area contributed by atoms with Crippen molar-refractivity contribution in [3.8, 4) is 0 Å². The van der Waals surface area contributed by atoms with Crippen LogP contribution in [0.3, 0.4) is 0 Å². The zero-order chi connectivity index (χ0) is 19.7. The second kappa shape index (κ2) is 5.18. The number of rotatable bonds is 4. The Morgan fingerprint density at radius 1 is 1.31 bits per heavy atom. The van der Waals surface area contributed by atoms with Gasteiger partial charge in [-0.2, -0.15) is 0 Å². The smallest absolute Gasteiger partial charge is 0.343 e. The fraction of sp³-hybridized carbons (Fsp3) is 0.773. The van der Waals surface area contributed by atoms with E-state index < -0.39 is 5.79 Å². The third kappa shape index (κ3) is 1.77. The number of fused-ring (bicyclic) bond motifs is 1. The highest BCUT2D eigenvalue weighted by atomic mass is 16.7. The molecule has 156 valence electrons. The van der Waals surface area contributed by atoms with E-state index in [4.69, 9.17) is 18.9 Å². The first-order valence-corrected chi connectivity index (χ1v) is 11.1. The quantitative estimate of drug-likeness (QED) is 0.720. The normalized spacial score (nSPS) is 53.7. The number of hydrogen-bond acceptors (Lipinski definition) is 7. The van der Waals surface area contributed by atoms with E-state index in [2.05, 4.69) is 17.1 Å². The second-order valence-electron chi connectivity index (χ2n) is 9.97. The summed E-state index contributed by atoms with van der Waals surface area (Å²) in [6.45, 7) is 6.07. The summed E-state index contributed by atoms with van der Waals surface area (Å²) < 4.78 is 24.7. The molecule has 1 N–H and O–H groups in total. The van der Waals surface area contributed by atoms with Gasteiger partial charge in [0.15, 0.2) is 5.76 Å². The molecule has 1 saturated carbocycles. The molecule has 1 spiro atoms. The zero-order valence-electron chi connectivity index (χ0n) is 17.2. The first kappa shape index (κ1) is 17.1. The Morgan fingerprint density at radius 2 is 2.14 bits per heavy atom. The van der Waals surface area contributed by atoms with Gasteiger partial charge in [0.1, 0.15) is 5.76 Å². The molecule has 1 aliphatic carbocycles. The van der Waals surface area contributed by atoms with Gasteiger partial charge in [-0.3, -0.25) is 4.90 Å². The number of ether oxygens (including phenoxy) is 4. The molecule has 0 aromatic heterocycles. The van der Waals surface area contributed by atoms with Gasteiger partial charge in [-0.15, -0.1) is 0 Å². The van der Waals surface area contributed by atoms with Crippen LogP contribution in [0.15, 0.2) is 22.9 Å². The monoisotopic (exact) mass is 400 g/mol. The third-order valence-electron chi connectivity index (χ3n) is 8.85. The number of cyclic esters (lactones) is 1. The maximum Gasteiger partial charge on any atom is 0.343 e. The van der Waals surface area contributed by atoms with Crippen LogP contribution in [0.5, 0.6) is 0 Å². The van der Waals surface area contributed by atoms with Gasteiger partial charge in [0.05, 0.1) is 30.2 Å². The molecule has 29 heavy (non-hydrogen) atoms. The van der Waals surface area contributed by atoms with Crippen LogP contribution >= 0.6 is 0 Å². The number of allylic oxidation sites excluding steroid dienone is 1. The molecule has 0 aromatic rings. The topological polar surface area (TPSA) is 69.3 Å². The molecule has 7 rings (SSSR count). The average Bonchev–Trinajstić information content (AvgIpc) is 3.13. The lowest BCUT2D eigenvalue weighted by Crippen LogP contribution is -2.64. The van der Waals surface area contributed by atoms with Crippen molar-refractivity contribution >= 4 is 5.97 Å². The third-order valence-corrected chi connectivity index (χ3v) is 8.85. The molecule has 7 heteroatoms. The summed E-state index contributed by atoms with van der Waals surface area (Å²) in [6.07, 6.45) is 5.01. The van der Waals surface area contributed by atoms with Crippen molar-refractivity contribution in [3.63, 3.8) is 0 Å². The summed E-state index contributed by atoms with van der Waals surface area (Å²) in [5, 5.41) is 3.80. The Hall–Kier alpha value is -1.57. The number of methoxy groups -OCH3 is 1. The number of esters is 1. The first-order valence-electron chi connectivity index (χ1n) is 11.1. The highest BCUT2D eigenvalue weighted by Gasteiger charge is 2.84. The van der Waals surface area contributed by atoms with Gasteiger partial charge < -0.3 is 24.3 Å². The molecule has 7 aliphatic rings. The molecule has 1 unspecified atom stereocenters. The van der Waals surface area contributed by atoms with E-state index in [9.17, 15) is 4.79 Å². The lowest BCUT2D eigenvalue weighted by atomic mass is 9.71. The van der Waals surface area contributed by atoms with E-state index in [1.54, 1.807) is 14.0 Å². The summed E-state index contributed by atoms with van der Waals surface area (Å²) in [5.41, 5.74) is 0.564. The predicted molar refractivity (Wildman–Crippen MR) is 101 cm³/mol. The summed E-state index contributed by atoms with van der Waals surface area (Å²) >= 11 is 0. The van der Waals surface area contributed by atoms with Crippen LogP contribution in [0.25, 0.3) is 0 Å². The Balaban J connectivity index is 1.32. The van der Waals surface area contributed by atoms with Crippen molar-refractivity contribution in [1.29, 1.82) is 0 Å². The second-order valence-corrected chi connectivity index (χ2v) is 9.97. The van der Waals surface area contributed by atoms with E-state index in [1.807, 2.05) is 0 Å². The van der Waals surface area contributed by atoms with Crippen LogP contribution < -0.4 is 5.32 Å². The minimum absolute atomic E-state index is 0.0613. The molecule has 5 saturated heterocycles. The number of nitrogens with zero attached hydrogens (tertiary/aromatic N) is 1. The van der Waals surface area contributed by atoms with Gasteiger partial charge >= 0.3 is 5.97 Å². The van der Waals surface area contributed by atoms with E-state index in [1.165, 1.54) is 12.8 Å². The van der Waals surface area contributed by atoms with Gasteiger partial charge in [0.2, 0.25) is 11.5 Å². The van der Waals surface area contributed by atoms with Gasteiger partial charge in [-0.25, -0.2) is 4.79 Å². The average molecular weight is 400 g/mol. The summed E-state index contributed by atoms with van der Waals surface area (Å²) in [5.74, 6) is 1.51. The molecule has 0 radical (unpaired) electrons. The van der Waals surface area contributed by atoms with Crippen LogP contribution in [0.1, 0.15) is 39.5 Å². The number of nitrogens with one attached hydrogen (secondary N) is 1. The van der Waals surface area contributed by atoms with Crippen molar-refractivity contribution in [2.45, 2.75) is 69.0 Å². The SMILES string of the molecule is COC1=C(C)C(=O)O/C1=C1\O[C@@]23O[C@H]4C[C@@H]([C@H]2[C@@H]1C)N1CC[C@H]3[C@@]41CNC1CC1. The Labute approximate surface area is 170 Å². The predicted octanol–water partition coefficient (Wildman–Crippen LogP) is 1.65. The molecular weight excluding hydrogens is 372 g/mol. The number of piperidine rings is 1. The van der Waals surface area contributed by atoms with Crippen LogP contribution in [0.2, 0.25) is 0 Å². The molecule has 5 bridgehead atoms. The number of carbonyl (C=O) groups is 1. The maximum atomic E-state index is 12.2. The molecular formula is C22H28N2O5. The molecule has 6 heterocycles. The van der Waals surface area contributed by atoms with Gasteiger partial charge in [-0.1, -0.05) is 6.92 Å². The minimum Gasteiger partial charge on any atom is -0.492 e. The highest BCUT2D eigenvalue weighted by Crippen LogP contribution is 2.72. The van der Waals surface area contributed by atoms with Crippen molar-refractivity contribution in [2.24, 2.45) is 17.8 Å². The van der Waals surface area contributed by atoms with Crippen molar-refractivity contribution in [1.82, 2.24) is 10.2 Å². The van der Waals surface area contributed by atoms with Crippen molar-refractivity contribution < 1.29 is 23.7 Å². The van der Waals surface area contributed by atoms with Crippen molar-refractivity contribution in [2.75, 3.05) is 20.2 Å². The summed E-state index contributed by atoms with van der Waals surface area (Å²) in [4.78, 5) is 14.9. The summed E-state index contributed by atoms with van der Waals surface area (Å²) in [7, 11) is 1.58. The summed E-state index contributed by atoms with van der Waals surface area (Å²) in [6, 6.07) is 1.16. The number of carbonyl (C=O) groups excluding carboxylic acids is 1. The lowest BCUT2D eigenvalue weighted by molar-refractivity contribution is -0.255. The molecule has 6 aliphatic heterocycles. The van der Waals surface area contributed by atoms with Crippen LogP contribution in [0.4, 0.5) is 0 Å². The minimum atomic E-state index is -0.588. The zero-order valence-corrected chi connectivity index (χ0v) is 17.2. The van der Waals surface area contributed by atoms with E-state index in [0.29, 0.717) is 35.1 Å². The molecule has 0 amide bonds. The standard InChI is InChI=1S/C22H28N2O5/c1-10-16-13-8-15-21(9-23-12-4-5-12)14(6-7-24(13)21)22(16,28-15)29-18(10)19-17(26-3)11(2)20(25)27-19/h10,12-16,23H,4-9H2,1-3H3/b19-18-/t10-,13-,14-,15-,16+,21-,22+/m0/s1. The first-order chi connectivity index (χ1) is 14.0. The van der Waals surface area contributed by atoms with Crippen LogP contribution in [-0.2, 0) is 23.7 Å². The van der Waals surface area contributed by atoms with Crippen molar-refractivity contribution in [3.05, 3.63) is 22.9 Å². The van der Waals surface area contributed by atoms with Crippen LogP contribution in [0, 0.1) is 17.8 Å². The molecule has 7 nitrogen and oxygen atoms in total.